The molecule has 1 heterocycles. The van der Waals surface area contributed by atoms with Crippen LogP contribution < -0.4 is 10.6 Å². The van der Waals surface area contributed by atoms with Gasteiger partial charge in [-0.05, 0) is 31.6 Å². The minimum atomic E-state index is 0.387. The molecule has 0 radical (unpaired) electrons. The van der Waals surface area contributed by atoms with Crippen molar-refractivity contribution in [1.29, 1.82) is 0 Å². The van der Waals surface area contributed by atoms with Crippen molar-refractivity contribution in [3.8, 4) is 0 Å². The van der Waals surface area contributed by atoms with E-state index in [9.17, 15) is 0 Å². The van der Waals surface area contributed by atoms with E-state index >= 15 is 0 Å². The van der Waals surface area contributed by atoms with Gasteiger partial charge in [-0.3, -0.25) is 4.99 Å². The van der Waals surface area contributed by atoms with Crippen LogP contribution in [0.5, 0.6) is 0 Å². The summed E-state index contributed by atoms with van der Waals surface area (Å²) in [4.78, 5) is 8.32. The topological polar surface area (TPSA) is 54.2 Å². The predicted octanol–water partition coefficient (Wildman–Crippen LogP) is 2.65. The normalized spacial score (nSPS) is 14.0. The summed E-state index contributed by atoms with van der Waals surface area (Å²) in [6.45, 7) is 10.9. The Hall–Kier alpha value is -1.52. The van der Waals surface area contributed by atoms with Gasteiger partial charge in [-0.25, -0.2) is 4.98 Å². The maximum absolute atomic E-state index is 4.28. The highest BCUT2D eigenvalue weighted by molar-refractivity contribution is 5.79. The molecule has 0 aliphatic rings. The molecule has 1 rings (SSSR count). The molecule has 1 aromatic heterocycles. The second-order valence-electron chi connectivity index (χ2n) is 6.80. The summed E-state index contributed by atoms with van der Waals surface area (Å²) in [5.74, 6) is 0.891. The van der Waals surface area contributed by atoms with Crippen molar-refractivity contribution in [1.82, 2.24) is 20.2 Å². The highest BCUT2D eigenvalue weighted by Gasteiger charge is 2.13. The first kappa shape index (κ1) is 17.5. The average Bonchev–Trinajstić information content (AvgIpc) is 2.92. The Bertz CT molecular complexity index is 403. The summed E-state index contributed by atoms with van der Waals surface area (Å²) in [5, 5.41) is 6.82. The predicted molar refractivity (Wildman–Crippen MR) is 89.5 cm³/mol. The van der Waals surface area contributed by atoms with E-state index in [1.54, 1.807) is 0 Å². The number of aryl methyl sites for hydroxylation is 1. The maximum atomic E-state index is 4.28. The third-order valence-electron chi connectivity index (χ3n) is 3.38. The molecule has 120 valence electrons. The molecule has 5 nitrogen and oxygen atoms in total. The second kappa shape index (κ2) is 8.70. The van der Waals surface area contributed by atoms with Crippen LogP contribution in [0.25, 0.3) is 0 Å². The van der Waals surface area contributed by atoms with E-state index in [2.05, 4.69) is 52.9 Å². The first-order valence-electron chi connectivity index (χ1n) is 7.83. The molecule has 1 unspecified atom stereocenters. The van der Waals surface area contributed by atoms with Crippen molar-refractivity contribution in [2.24, 2.45) is 10.4 Å². The Morgan fingerprint density at radius 1 is 1.38 bits per heavy atom. The monoisotopic (exact) mass is 293 g/mol. The summed E-state index contributed by atoms with van der Waals surface area (Å²) in [7, 11) is 1.82. The molecule has 0 saturated carbocycles. The summed E-state index contributed by atoms with van der Waals surface area (Å²) >= 11 is 0. The molecule has 0 amide bonds. The standard InChI is InChI=1S/C16H31N5/c1-14(7-8-16(2,3)4)20-15(17-5)19-9-6-11-21-12-10-18-13-21/h10,12-14H,6-9,11H2,1-5H3,(H2,17,19,20). The van der Waals surface area contributed by atoms with Crippen molar-refractivity contribution in [2.45, 2.75) is 59.5 Å². The Kier molecular flexibility index (Phi) is 7.26. The van der Waals surface area contributed by atoms with Gasteiger partial charge in [0.1, 0.15) is 0 Å². The molecule has 0 aliphatic heterocycles. The van der Waals surface area contributed by atoms with Gasteiger partial charge in [-0.2, -0.15) is 0 Å². The zero-order valence-electron chi connectivity index (χ0n) is 14.2. The van der Waals surface area contributed by atoms with E-state index in [0.29, 0.717) is 11.5 Å². The lowest BCUT2D eigenvalue weighted by molar-refractivity contribution is 0.346. The zero-order chi connectivity index (χ0) is 15.7. The van der Waals surface area contributed by atoms with Crippen LogP contribution in [0.1, 0.15) is 47.0 Å². The Labute approximate surface area is 129 Å². The van der Waals surface area contributed by atoms with Gasteiger partial charge in [0.15, 0.2) is 5.96 Å². The first-order valence-corrected chi connectivity index (χ1v) is 7.83. The minimum Gasteiger partial charge on any atom is -0.356 e. The zero-order valence-corrected chi connectivity index (χ0v) is 14.2. The lowest BCUT2D eigenvalue weighted by atomic mass is 9.89. The molecule has 1 atom stereocenters. The van der Waals surface area contributed by atoms with Gasteiger partial charge in [0, 0.05) is 38.6 Å². The SMILES string of the molecule is CN=C(NCCCn1ccnc1)NC(C)CCC(C)(C)C. The van der Waals surface area contributed by atoms with Crippen LogP contribution in [0.3, 0.4) is 0 Å². The summed E-state index contributed by atoms with van der Waals surface area (Å²) in [6, 6.07) is 0.434. The number of imidazole rings is 1. The Morgan fingerprint density at radius 3 is 2.71 bits per heavy atom. The molecule has 0 fully saturated rings. The maximum Gasteiger partial charge on any atom is 0.191 e. The van der Waals surface area contributed by atoms with Gasteiger partial charge < -0.3 is 15.2 Å². The number of nitrogens with one attached hydrogen (secondary N) is 2. The molecule has 2 N–H and O–H groups in total. The summed E-state index contributed by atoms with van der Waals surface area (Å²) in [6.07, 6.45) is 9.06. The molecule has 0 saturated heterocycles. The molecular formula is C16H31N5. The van der Waals surface area contributed by atoms with Crippen molar-refractivity contribution in [3.05, 3.63) is 18.7 Å². The van der Waals surface area contributed by atoms with Crippen LogP contribution in [0.2, 0.25) is 0 Å². The van der Waals surface area contributed by atoms with E-state index in [-0.39, 0.29) is 0 Å². The number of hydrogen-bond acceptors (Lipinski definition) is 2. The molecule has 0 spiro atoms. The summed E-state index contributed by atoms with van der Waals surface area (Å²) < 4.78 is 2.09. The van der Waals surface area contributed by atoms with Gasteiger partial charge in [0.2, 0.25) is 0 Å². The average molecular weight is 293 g/mol. The fraction of sp³-hybridized carbons (Fsp3) is 0.750. The summed E-state index contributed by atoms with van der Waals surface area (Å²) in [5.41, 5.74) is 0.387. The van der Waals surface area contributed by atoms with E-state index in [4.69, 9.17) is 0 Å². The van der Waals surface area contributed by atoms with Crippen LogP contribution in [0.15, 0.2) is 23.7 Å². The van der Waals surface area contributed by atoms with E-state index < -0.39 is 0 Å². The minimum absolute atomic E-state index is 0.387. The van der Waals surface area contributed by atoms with Crippen LogP contribution >= 0.6 is 0 Å². The smallest absolute Gasteiger partial charge is 0.191 e. The fourth-order valence-corrected chi connectivity index (χ4v) is 2.04. The highest BCUT2D eigenvalue weighted by atomic mass is 15.2. The van der Waals surface area contributed by atoms with Gasteiger partial charge >= 0.3 is 0 Å². The number of hydrogen-bond donors (Lipinski definition) is 2. The quantitative estimate of drug-likeness (QED) is 0.462. The van der Waals surface area contributed by atoms with Crippen molar-refractivity contribution < 1.29 is 0 Å². The van der Waals surface area contributed by atoms with E-state index in [1.165, 1.54) is 6.42 Å². The highest BCUT2D eigenvalue weighted by Crippen LogP contribution is 2.21. The molecule has 21 heavy (non-hydrogen) atoms. The number of nitrogens with zero attached hydrogens (tertiary/aromatic N) is 3. The second-order valence-corrected chi connectivity index (χ2v) is 6.80. The van der Waals surface area contributed by atoms with Crippen LogP contribution in [0.4, 0.5) is 0 Å². The van der Waals surface area contributed by atoms with Gasteiger partial charge in [-0.1, -0.05) is 20.8 Å². The van der Waals surface area contributed by atoms with Gasteiger partial charge in [0.25, 0.3) is 0 Å². The number of aliphatic imine (C=N–C) groups is 1. The van der Waals surface area contributed by atoms with Crippen molar-refractivity contribution >= 4 is 5.96 Å². The lowest BCUT2D eigenvalue weighted by Crippen LogP contribution is -2.42. The number of rotatable bonds is 7. The van der Waals surface area contributed by atoms with E-state index in [1.807, 2.05) is 25.8 Å². The lowest BCUT2D eigenvalue weighted by Gasteiger charge is -2.23. The Balaban J connectivity index is 2.19. The van der Waals surface area contributed by atoms with Crippen molar-refractivity contribution in [2.75, 3.05) is 13.6 Å². The van der Waals surface area contributed by atoms with Crippen molar-refractivity contribution in [3.63, 3.8) is 0 Å². The molecule has 5 heteroatoms. The van der Waals surface area contributed by atoms with Crippen LogP contribution in [-0.2, 0) is 6.54 Å². The molecule has 1 aromatic rings. The molecule has 0 aromatic carbocycles. The number of guanidine groups is 1. The van der Waals surface area contributed by atoms with E-state index in [0.717, 1.165) is 31.9 Å². The molecular weight excluding hydrogens is 262 g/mol. The molecule has 0 bridgehead atoms. The third kappa shape index (κ3) is 8.38. The van der Waals surface area contributed by atoms with Gasteiger partial charge in [-0.15, -0.1) is 0 Å². The Morgan fingerprint density at radius 2 is 2.14 bits per heavy atom. The molecule has 0 aliphatic carbocycles. The third-order valence-corrected chi connectivity index (χ3v) is 3.38. The number of aromatic nitrogens is 2. The first-order chi connectivity index (χ1) is 9.90. The van der Waals surface area contributed by atoms with Gasteiger partial charge in [0.05, 0.1) is 6.33 Å². The van der Waals surface area contributed by atoms with Crippen LogP contribution in [-0.4, -0.2) is 35.1 Å². The fourth-order valence-electron chi connectivity index (χ4n) is 2.04. The van der Waals surface area contributed by atoms with Crippen LogP contribution in [0, 0.1) is 5.41 Å². The largest absolute Gasteiger partial charge is 0.356 e.